The maximum atomic E-state index is 9.61. The first-order chi connectivity index (χ1) is 7.10. The average molecular weight is 267 g/mol. The van der Waals surface area contributed by atoms with Gasteiger partial charge < -0.3 is 10.5 Å². The topological polar surface area (TPSA) is 44.6 Å². The summed E-state index contributed by atoms with van der Waals surface area (Å²) in [7, 11) is 0. The van der Waals surface area contributed by atoms with E-state index in [1.807, 2.05) is 13.8 Å². The average Bonchev–Trinajstić information content (AvgIpc) is 2.14. The van der Waals surface area contributed by atoms with Gasteiger partial charge in [0, 0.05) is 5.54 Å². The lowest BCUT2D eigenvalue weighted by atomic mass is 10.0. The molecule has 0 aliphatic heterocycles. The van der Waals surface area contributed by atoms with Crippen molar-refractivity contribution in [1.29, 1.82) is 0 Å². The predicted octanol–water partition coefficient (Wildman–Crippen LogP) is 3.21. The fourth-order valence-electron chi connectivity index (χ4n) is 0.692. The van der Waals surface area contributed by atoms with Gasteiger partial charge in [-0.05, 0) is 34.1 Å². The third-order valence-corrected chi connectivity index (χ3v) is 3.23. The highest BCUT2D eigenvalue weighted by molar-refractivity contribution is 6.46. The van der Waals surface area contributed by atoms with E-state index in [1.165, 1.54) is 6.21 Å². The van der Waals surface area contributed by atoms with Crippen LogP contribution >= 0.6 is 23.2 Å². The summed E-state index contributed by atoms with van der Waals surface area (Å²) in [5.41, 5.74) is 1.72. The van der Waals surface area contributed by atoms with Gasteiger partial charge in [-0.2, -0.15) is 5.10 Å². The number of aliphatic hydroxyl groups is 1. The molecule has 0 aromatic rings. The van der Waals surface area contributed by atoms with Gasteiger partial charge in [-0.25, -0.2) is 0 Å². The van der Waals surface area contributed by atoms with Crippen molar-refractivity contribution in [3.05, 3.63) is 10.1 Å². The zero-order chi connectivity index (χ0) is 13.0. The van der Waals surface area contributed by atoms with E-state index >= 15 is 0 Å². The number of hydrogen-bond donors (Lipinski definition) is 2. The maximum Gasteiger partial charge on any atom is 0.0961 e. The van der Waals surface area contributed by atoms with Gasteiger partial charge in [0.2, 0.25) is 0 Å². The monoisotopic (exact) mass is 266 g/mol. The van der Waals surface area contributed by atoms with Crippen LogP contribution in [-0.2, 0) is 0 Å². The molecule has 0 saturated carbocycles. The van der Waals surface area contributed by atoms with Crippen LogP contribution in [0.1, 0.15) is 41.0 Å². The standard InChI is InChI=1S/C11H20Cl2N2O/c1-6-10(2,3)15-14-7-8(12)9(13)11(4,5)16/h7,15-16H,6H2,1-5H3/b9-8-,14-7+. The van der Waals surface area contributed by atoms with Gasteiger partial charge in [0.15, 0.2) is 0 Å². The molecule has 0 aromatic carbocycles. The van der Waals surface area contributed by atoms with Gasteiger partial charge in [0.1, 0.15) is 0 Å². The second-order valence-electron chi connectivity index (χ2n) is 4.83. The summed E-state index contributed by atoms with van der Waals surface area (Å²) in [6.45, 7) is 9.24. The molecule has 0 aromatic heterocycles. The number of nitrogens with zero attached hydrogens (tertiary/aromatic N) is 1. The van der Waals surface area contributed by atoms with Gasteiger partial charge in [-0.1, -0.05) is 30.1 Å². The predicted molar refractivity (Wildman–Crippen MR) is 71.0 cm³/mol. The van der Waals surface area contributed by atoms with E-state index in [9.17, 15) is 5.11 Å². The second kappa shape index (κ2) is 5.89. The Labute approximate surface area is 108 Å². The van der Waals surface area contributed by atoms with Crippen LogP contribution in [0.2, 0.25) is 0 Å². The Morgan fingerprint density at radius 1 is 1.31 bits per heavy atom. The van der Waals surface area contributed by atoms with Gasteiger partial charge in [0.25, 0.3) is 0 Å². The second-order valence-corrected chi connectivity index (χ2v) is 5.61. The lowest BCUT2D eigenvalue weighted by molar-refractivity contribution is 0.128. The molecule has 0 heterocycles. The van der Waals surface area contributed by atoms with Crippen molar-refractivity contribution in [1.82, 2.24) is 5.43 Å². The number of hydrogen-bond acceptors (Lipinski definition) is 3. The Kier molecular flexibility index (Phi) is 5.80. The van der Waals surface area contributed by atoms with Crippen molar-refractivity contribution in [2.75, 3.05) is 0 Å². The van der Waals surface area contributed by atoms with Crippen molar-refractivity contribution in [2.24, 2.45) is 5.10 Å². The molecule has 0 unspecified atom stereocenters. The van der Waals surface area contributed by atoms with E-state index < -0.39 is 5.60 Å². The van der Waals surface area contributed by atoms with Crippen LogP contribution in [0.4, 0.5) is 0 Å². The molecule has 0 rings (SSSR count). The molecule has 2 N–H and O–H groups in total. The first kappa shape index (κ1) is 15.8. The van der Waals surface area contributed by atoms with Crippen molar-refractivity contribution >= 4 is 29.4 Å². The van der Waals surface area contributed by atoms with Crippen LogP contribution in [0, 0.1) is 0 Å². The summed E-state index contributed by atoms with van der Waals surface area (Å²) in [6.07, 6.45) is 2.34. The summed E-state index contributed by atoms with van der Waals surface area (Å²) in [6, 6.07) is 0. The molecule has 3 nitrogen and oxygen atoms in total. The van der Waals surface area contributed by atoms with E-state index in [-0.39, 0.29) is 15.6 Å². The normalized spacial score (nSPS) is 15.2. The molecule has 0 amide bonds. The third-order valence-electron chi connectivity index (χ3n) is 2.18. The van der Waals surface area contributed by atoms with Crippen LogP contribution in [0.5, 0.6) is 0 Å². The highest BCUT2D eigenvalue weighted by Crippen LogP contribution is 2.24. The largest absolute Gasteiger partial charge is 0.385 e. The lowest BCUT2D eigenvalue weighted by Crippen LogP contribution is -2.34. The Morgan fingerprint density at radius 3 is 2.19 bits per heavy atom. The molecular weight excluding hydrogens is 247 g/mol. The van der Waals surface area contributed by atoms with Crippen molar-refractivity contribution in [3.63, 3.8) is 0 Å². The number of halogens is 2. The number of nitrogens with one attached hydrogen (secondary N) is 1. The van der Waals surface area contributed by atoms with E-state index in [0.29, 0.717) is 0 Å². The van der Waals surface area contributed by atoms with E-state index in [1.54, 1.807) is 13.8 Å². The fraction of sp³-hybridized carbons (Fsp3) is 0.727. The van der Waals surface area contributed by atoms with Gasteiger partial charge >= 0.3 is 0 Å². The molecule has 0 atom stereocenters. The fourth-order valence-corrected chi connectivity index (χ4v) is 1.02. The quantitative estimate of drug-likeness (QED) is 0.593. The Bertz CT molecular complexity index is 291. The van der Waals surface area contributed by atoms with E-state index in [0.717, 1.165) is 6.42 Å². The molecule has 94 valence electrons. The van der Waals surface area contributed by atoms with Crippen LogP contribution in [0.3, 0.4) is 0 Å². The molecule has 0 aliphatic carbocycles. The van der Waals surface area contributed by atoms with Crippen LogP contribution in [0.15, 0.2) is 15.2 Å². The van der Waals surface area contributed by atoms with E-state index in [4.69, 9.17) is 23.2 Å². The summed E-state index contributed by atoms with van der Waals surface area (Å²) in [4.78, 5) is 0. The smallest absolute Gasteiger partial charge is 0.0961 e. The molecule has 0 radical (unpaired) electrons. The van der Waals surface area contributed by atoms with Crippen LogP contribution in [-0.4, -0.2) is 22.5 Å². The number of hydrazone groups is 1. The molecule has 16 heavy (non-hydrogen) atoms. The van der Waals surface area contributed by atoms with Gasteiger partial charge in [-0.3, -0.25) is 0 Å². The maximum absolute atomic E-state index is 9.61. The Hall–Kier alpha value is -0.250. The number of allylic oxidation sites excluding steroid dienone is 1. The Balaban J connectivity index is 4.58. The Morgan fingerprint density at radius 2 is 1.81 bits per heavy atom. The first-order valence-electron chi connectivity index (χ1n) is 5.18. The van der Waals surface area contributed by atoms with Gasteiger partial charge in [-0.15, -0.1) is 0 Å². The van der Waals surface area contributed by atoms with E-state index in [2.05, 4.69) is 17.5 Å². The summed E-state index contributed by atoms with van der Waals surface area (Å²) < 4.78 is 0. The van der Waals surface area contributed by atoms with Crippen molar-refractivity contribution < 1.29 is 5.11 Å². The zero-order valence-electron chi connectivity index (χ0n) is 10.4. The first-order valence-corrected chi connectivity index (χ1v) is 5.94. The molecule has 0 aliphatic rings. The van der Waals surface area contributed by atoms with Crippen LogP contribution in [0.25, 0.3) is 0 Å². The molecular formula is C11H20Cl2N2O. The van der Waals surface area contributed by atoms with Crippen molar-refractivity contribution in [2.45, 2.75) is 52.2 Å². The third kappa shape index (κ3) is 5.73. The zero-order valence-corrected chi connectivity index (χ0v) is 11.9. The minimum absolute atomic E-state index is 0.0884. The molecule has 0 fully saturated rings. The lowest BCUT2D eigenvalue weighted by Gasteiger charge is -2.22. The van der Waals surface area contributed by atoms with Crippen molar-refractivity contribution in [3.8, 4) is 0 Å². The number of rotatable bonds is 5. The highest BCUT2D eigenvalue weighted by atomic mass is 35.5. The van der Waals surface area contributed by atoms with Crippen LogP contribution < -0.4 is 5.43 Å². The minimum Gasteiger partial charge on any atom is -0.385 e. The summed E-state index contributed by atoms with van der Waals surface area (Å²) >= 11 is 11.8. The molecule has 5 heteroatoms. The minimum atomic E-state index is -1.15. The summed E-state index contributed by atoms with van der Waals surface area (Å²) in [5.74, 6) is 0. The van der Waals surface area contributed by atoms with Gasteiger partial charge in [0.05, 0.1) is 21.9 Å². The molecule has 0 bridgehead atoms. The summed E-state index contributed by atoms with van der Waals surface area (Å²) in [5, 5.41) is 14.0. The molecule has 0 saturated heterocycles. The highest BCUT2D eigenvalue weighted by Gasteiger charge is 2.20. The molecule has 0 spiro atoms. The SMILES string of the molecule is CCC(C)(C)N/N=C/C(Cl)=C(/Cl)C(C)(C)O.